The van der Waals surface area contributed by atoms with Gasteiger partial charge in [-0.05, 0) is 122 Å². The summed E-state index contributed by atoms with van der Waals surface area (Å²) in [5.74, 6) is -0.361. The van der Waals surface area contributed by atoms with Crippen molar-refractivity contribution in [3.05, 3.63) is 0 Å². The van der Waals surface area contributed by atoms with Crippen LogP contribution in [0.15, 0.2) is 0 Å². The van der Waals surface area contributed by atoms with Crippen molar-refractivity contribution in [3.8, 4) is 0 Å². The maximum atomic E-state index is 12.9. The van der Waals surface area contributed by atoms with Gasteiger partial charge in [0.15, 0.2) is 25.2 Å². The average Bonchev–Trinajstić information content (AvgIpc) is 3.68. The van der Waals surface area contributed by atoms with Gasteiger partial charge in [0.05, 0.1) is 50.3 Å². The van der Waals surface area contributed by atoms with Gasteiger partial charge < -0.3 is 104 Å². The summed E-state index contributed by atoms with van der Waals surface area (Å²) in [6, 6.07) is 0. The monoisotopic (exact) mass is 1030 g/mol. The molecule has 0 radical (unpaired) electrons. The molecule has 0 spiro atoms. The lowest BCUT2D eigenvalue weighted by Gasteiger charge is -2.74. The second-order valence-electron chi connectivity index (χ2n) is 25.6. The molecule has 9 aliphatic rings. The van der Waals surface area contributed by atoms with Crippen molar-refractivity contribution in [2.45, 2.75) is 235 Å². The lowest BCUT2D eigenvalue weighted by atomic mass is 9.31. The first-order chi connectivity index (χ1) is 33.5. The summed E-state index contributed by atoms with van der Waals surface area (Å²) < 4.78 is 48.9. The van der Waals surface area contributed by atoms with Crippen LogP contribution in [0.5, 0.6) is 0 Å². The minimum absolute atomic E-state index is 0.109. The first kappa shape index (κ1) is 55.9. The number of aliphatic hydroxyl groups is 13. The molecule has 0 aromatic heterocycles. The predicted molar refractivity (Wildman–Crippen MR) is 247 cm³/mol. The maximum absolute atomic E-state index is 12.9. The Labute approximate surface area is 421 Å². The second-order valence-corrected chi connectivity index (χ2v) is 25.6. The Kier molecular flexibility index (Phi) is 15.4. The van der Waals surface area contributed by atoms with E-state index in [-0.39, 0.29) is 54.8 Å². The predicted octanol–water partition coefficient (Wildman–Crippen LogP) is -1.62. The van der Waals surface area contributed by atoms with E-state index in [1.54, 1.807) is 0 Å². The zero-order valence-electron chi connectivity index (χ0n) is 43.0. The molecule has 9 rings (SSSR count). The second kappa shape index (κ2) is 19.8. The molecule has 5 saturated carbocycles. The van der Waals surface area contributed by atoms with Crippen LogP contribution in [0.4, 0.5) is 0 Å². The molecule has 0 aromatic rings. The van der Waals surface area contributed by atoms with Gasteiger partial charge in [0.2, 0.25) is 0 Å². The Morgan fingerprint density at radius 3 is 1.69 bits per heavy atom. The van der Waals surface area contributed by atoms with Gasteiger partial charge in [0.25, 0.3) is 0 Å². The van der Waals surface area contributed by atoms with Crippen molar-refractivity contribution in [2.24, 2.45) is 56.7 Å². The third kappa shape index (κ3) is 8.89. The van der Waals surface area contributed by atoms with E-state index in [9.17, 15) is 66.4 Å². The van der Waals surface area contributed by atoms with E-state index in [0.29, 0.717) is 25.7 Å². The minimum Gasteiger partial charge on any atom is -0.394 e. The number of aliphatic hydroxyl groups excluding tert-OH is 12. The molecule has 13 N–H and O–H groups in total. The summed E-state index contributed by atoms with van der Waals surface area (Å²) in [5.41, 5.74) is -3.47. The van der Waals surface area contributed by atoms with Crippen molar-refractivity contribution in [2.75, 3.05) is 26.4 Å². The van der Waals surface area contributed by atoms with Gasteiger partial charge in [-0.2, -0.15) is 0 Å². The van der Waals surface area contributed by atoms with Gasteiger partial charge in [-0.1, -0.05) is 41.5 Å². The summed E-state index contributed by atoms with van der Waals surface area (Å²) in [6.07, 6.45) is -21.8. The fourth-order valence-electron chi connectivity index (χ4n) is 17.4. The smallest absolute Gasteiger partial charge is 0.187 e. The van der Waals surface area contributed by atoms with Crippen LogP contribution < -0.4 is 0 Å². The van der Waals surface area contributed by atoms with Gasteiger partial charge in [0.1, 0.15) is 79.4 Å². The van der Waals surface area contributed by atoms with Crippen LogP contribution in [0.2, 0.25) is 0 Å². The van der Waals surface area contributed by atoms with Crippen molar-refractivity contribution >= 4 is 0 Å². The molecule has 0 unspecified atom stereocenters. The van der Waals surface area contributed by atoms with E-state index in [1.165, 1.54) is 0 Å². The lowest BCUT2D eigenvalue weighted by Crippen LogP contribution is -2.72. The molecule has 0 amide bonds. The third-order valence-corrected chi connectivity index (χ3v) is 21.0. The van der Waals surface area contributed by atoms with Gasteiger partial charge in [0, 0.05) is 0 Å². The number of hydrogen-bond acceptors (Lipinski definition) is 21. The van der Waals surface area contributed by atoms with Crippen molar-refractivity contribution < 1.29 is 104 Å². The molecule has 5 aliphatic carbocycles. The molecule has 416 valence electrons. The van der Waals surface area contributed by atoms with Gasteiger partial charge in [-0.3, -0.25) is 0 Å². The standard InChI is InChI=1S/C51H86O21/c1-46(2)30(70-45-40(33(58)24(55)19-67-45)72-44-37(62)35(60)34(59)27(17-52)69-44)12-14-49(6)29-10-9-28-48(5)13-11-21(47(3,4)64)31(48)26(16-51(28,8)50(29,7)15-22(53)41(46)49)68-43-38(63)39(25(56)20-66-43)71-42-36(61)32(57)23(54)18-65-42/h21-45,52-64H,9-20H2,1-8H3/t21-,22-,23+,24-,25-,26-,27+,28+,29+,30-,31+,32-,33-,34+,35-,36+,37+,38+,39-,40+,41-,42-,43-,44-,45-,48+,49+,50+,51+/m0/s1. The first-order valence-corrected chi connectivity index (χ1v) is 26.5. The molecule has 0 bridgehead atoms. The Morgan fingerprint density at radius 2 is 1.06 bits per heavy atom. The number of hydrogen-bond donors (Lipinski definition) is 13. The summed E-state index contributed by atoms with van der Waals surface area (Å²) in [5, 5.41) is 142. The van der Waals surface area contributed by atoms with Crippen LogP contribution in [0.25, 0.3) is 0 Å². The van der Waals surface area contributed by atoms with Gasteiger partial charge in [-0.15, -0.1) is 0 Å². The molecule has 29 atom stereocenters. The van der Waals surface area contributed by atoms with Crippen molar-refractivity contribution in [1.29, 1.82) is 0 Å². The summed E-state index contributed by atoms with van der Waals surface area (Å²) in [4.78, 5) is 0. The number of fused-ring (bicyclic) bond motifs is 7. The molecular formula is C51H86O21. The normalized spacial score (nSPS) is 56.9. The molecule has 21 heteroatoms. The third-order valence-electron chi connectivity index (χ3n) is 21.0. The number of ether oxygens (including phenoxy) is 8. The summed E-state index contributed by atoms with van der Waals surface area (Å²) >= 11 is 0. The first-order valence-electron chi connectivity index (χ1n) is 26.5. The Hall–Kier alpha value is -0.840. The van der Waals surface area contributed by atoms with E-state index in [2.05, 4.69) is 41.5 Å². The average molecular weight is 1040 g/mol. The van der Waals surface area contributed by atoms with Crippen LogP contribution >= 0.6 is 0 Å². The highest BCUT2D eigenvalue weighted by atomic mass is 16.8. The van der Waals surface area contributed by atoms with Crippen molar-refractivity contribution in [3.63, 3.8) is 0 Å². The summed E-state index contributed by atoms with van der Waals surface area (Å²) in [6.45, 7) is 15.5. The van der Waals surface area contributed by atoms with Crippen LogP contribution in [-0.4, -0.2) is 221 Å². The quantitative estimate of drug-likeness (QED) is 0.109. The molecule has 4 saturated heterocycles. The van der Waals surface area contributed by atoms with Gasteiger partial charge in [-0.25, -0.2) is 0 Å². The largest absolute Gasteiger partial charge is 0.394 e. The SMILES string of the molecule is CC(C)(O)[C@H]1CC[C@@]2(C)[C@H]1[C@@H](O[C@@H]1OC[C@H](O)[C@H](O[C@@H]3OC[C@@H](O)[C@H](O)[C@H]3O)[C@H]1O)C[C@]1(C)[C@@H]2CC[C@@H]2[C@@]3(C)CC[C@H](O[C@@H]4OC[C@H](O)[C@H](O)[C@H]4O[C@@H]4O[C@H](CO)[C@@H](O)[C@H](O)[C@H]4O)C(C)(C)[C@@H]3[C@@H](O)C[C@]21C. The topological polar surface area (TPSA) is 337 Å². The highest BCUT2D eigenvalue weighted by Crippen LogP contribution is 2.78. The van der Waals surface area contributed by atoms with E-state index in [1.807, 2.05) is 13.8 Å². The van der Waals surface area contributed by atoms with Crippen LogP contribution in [0.1, 0.15) is 107 Å². The lowest BCUT2D eigenvalue weighted by molar-refractivity contribution is -0.370. The Morgan fingerprint density at radius 1 is 0.514 bits per heavy atom. The van der Waals surface area contributed by atoms with E-state index in [0.717, 1.165) is 25.7 Å². The Balaban J connectivity index is 0.975. The molecule has 4 heterocycles. The zero-order valence-corrected chi connectivity index (χ0v) is 43.0. The maximum Gasteiger partial charge on any atom is 0.187 e. The van der Waals surface area contributed by atoms with Crippen LogP contribution in [0, 0.1) is 56.7 Å². The minimum atomic E-state index is -1.78. The molecule has 21 nitrogen and oxygen atoms in total. The van der Waals surface area contributed by atoms with Gasteiger partial charge >= 0.3 is 0 Å². The summed E-state index contributed by atoms with van der Waals surface area (Å²) in [7, 11) is 0. The van der Waals surface area contributed by atoms with E-state index in [4.69, 9.17) is 37.9 Å². The number of rotatable bonds is 10. The molecular weight excluding hydrogens is 949 g/mol. The fourth-order valence-corrected chi connectivity index (χ4v) is 17.4. The highest BCUT2D eigenvalue weighted by molar-refractivity contribution is 5.23. The molecule has 72 heavy (non-hydrogen) atoms. The molecule has 9 fully saturated rings. The molecule has 0 aromatic carbocycles. The van der Waals surface area contributed by atoms with Crippen LogP contribution in [0.3, 0.4) is 0 Å². The van der Waals surface area contributed by atoms with Crippen LogP contribution in [-0.2, 0) is 37.9 Å². The highest BCUT2D eigenvalue weighted by Gasteiger charge is 2.75. The molecule has 4 aliphatic heterocycles. The van der Waals surface area contributed by atoms with E-state index >= 15 is 0 Å². The van der Waals surface area contributed by atoms with E-state index < -0.39 is 157 Å². The zero-order chi connectivity index (χ0) is 52.6. The van der Waals surface area contributed by atoms with Crippen molar-refractivity contribution in [1.82, 2.24) is 0 Å². The fraction of sp³-hybridized carbons (Fsp3) is 1.00. The Bertz CT molecular complexity index is 1890.